The summed E-state index contributed by atoms with van der Waals surface area (Å²) in [5, 5.41) is 8.11. The SMILES string of the molecule is CCNC(=O)c1cccc(CNC(=O)[C@H]2CC(=O)Nc3cc(F)ccc32)c1. The minimum Gasteiger partial charge on any atom is -0.352 e. The van der Waals surface area contributed by atoms with E-state index in [1.165, 1.54) is 18.2 Å². The van der Waals surface area contributed by atoms with E-state index in [2.05, 4.69) is 16.0 Å². The maximum Gasteiger partial charge on any atom is 0.251 e. The largest absolute Gasteiger partial charge is 0.352 e. The lowest BCUT2D eigenvalue weighted by molar-refractivity contribution is -0.126. The average Bonchev–Trinajstić information content (AvgIpc) is 2.65. The molecule has 3 rings (SSSR count). The molecule has 140 valence electrons. The van der Waals surface area contributed by atoms with Crippen LogP contribution in [0.5, 0.6) is 0 Å². The number of nitrogens with one attached hydrogen (secondary N) is 3. The Morgan fingerprint density at radius 3 is 2.78 bits per heavy atom. The van der Waals surface area contributed by atoms with Gasteiger partial charge in [-0.2, -0.15) is 0 Å². The number of rotatable bonds is 5. The van der Waals surface area contributed by atoms with Gasteiger partial charge in [0.1, 0.15) is 5.82 Å². The second-order valence-corrected chi connectivity index (χ2v) is 6.31. The minimum absolute atomic E-state index is 0.00338. The second-order valence-electron chi connectivity index (χ2n) is 6.31. The number of hydrogen-bond acceptors (Lipinski definition) is 3. The highest BCUT2D eigenvalue weighted by Crippen LogP contribution is 2.32. The number of hydrogen-bond donors (Lipinski definition) is 3. The van der Waals surface area contributed by atoms with Crippen LogP contribution in [0, 0.1) is 5.82 Å². The fraction of sp³-hybridized carbons (Fsp3) is 0.250. The van der Waals surface area contributed by atoms with Gasteiger partial charge in [-0.1, -0.05) is 18.2 Å². The van der Waals surface area contributed by atoms with Crippen LogP contribution in [0.2, 0.25) is 0 Å². The van der Waals surface area contributed by atoms with Crippen molar-refractivity contribution in [1.82, 2.24) is 10.6 Å². The molecule has 3 N–H and O–H groups in total. The van der Waals surface area contributed by atoms with E-state index in [0.29, 0.717) is 23.4 Å². The molecule has 0 aliphatic carbocycles. The summed E-state index contributed by atoms with van der Waals surface area (Å²) < 4.78 is 13.4. The minimum atomic E-state index is -0.680. The Balaban J connectivity index is 1.71. The Morgan fingerprint density at radius 1 is 1.19 bits per heavy atom. The first-order chi connectivity index (χ1) is 13.0. The lowest BCUT2D eigenvalue weighted by Crippen LogP contribution is -2.34. The van der Waals surface area contributed by atoms with Gasteiger partial charge in [0.25, 0.3) is 5.91 Å². The van der Waals surface area contributed by atoms with Crippen molar-refractivity contribution in [3.63, 3.8) is 0 Å². The number of amides is 3. The Morgan fingerprint density at radius 2 is 2.00 bits per heavy atom. The maximum absolute atomic E-state index is 13.4. The molecule has 0 radical (unpaired) electrons. The smallest absolute Gasteiger partial charge is 0.251 e. The summed E-state index contributed by atoms with van der Waals surface area (Å²) in [6.45, 7) is 2.59. The Labute approximate surface area is 156 Å². The van der Waals surface area contributed by atoms with Crippen LogP contribution in [-0.4, -0.2) is 24.3 Å². The van der Waals surface area contributed by atoms with Crippen LogP contribution in [0.25, 0.3) is 0 Å². The zero-order valence-corrected chi connectivity index (χ0v) is 14.8. The molecule has 2 aromatic rings. The highest BCUT2D eigenvalue weighted by molar-refractivity contribution is 6.01. The number of benzene rings is 2. The van der Waals surface area contributed by atoms with Crippen molar-refractivity contribution in [2.24, 2.45) is 0 Å². The predicted octanol–water partition coefficient (Wildman–Crippen LogP) is 2.32. The molecule has 6 nitrogen and oxygen atoms in total. The van der Waals surface area contributed by atoms with Gasteiger partial charge >= 0.3 is 0 Å². The molecule has 1 heterocycles. The molecule has 27 heavy (non-hydrogen) atoms. The van der Waals surface area contributed by atoms with E-state index in [1.807, 2.05) is 6.92 Å². The van der Waals surface area contributed by atoms with E-state index in [1.54, 1.807) is 24.3 Å². The van der Waals surface area contributed by atoms with Gasteiger partial charge in [-0.15, -0.1) is 0 Å². The monoisotopic (exact) mass is 369 g/mol. The first-order valence-corrected chi connectivity index (χ1v) is 8.72. The zero-order valence-electron chi connectivity index (χ0n) is 14.8. The molecule has 0 spiro atoms. The summed E-state index contributed by atoms with van der Waals surface area (Å²) in [4.78, 5) is 36.4. The number of carbonyl (C=O) groups is 3. The molecule has 0 fully saturated rings. The van der Waals surface area contributed by atoms with Crippen LogP contribution in [-0.2, 0) is 16.1 Å². The van der Waals surface area contributed by atoms with Gasteiger partial charge in [0.15, 0.2) is 0 Å². The van der Waals surface area contributed by atoms with Crippen molar-refractivity contribution in [3.8, 4) is 0 Å². The topological polar surface area (TPSA) is 87.3 Å². The van der Waals surface area contributed by atoms with Crippen LogP contribution in [0.3, 0.4) is 0 Å². The zero-order chi connectivity index (χ0) is 19.4. The van der Waals surface area contributed by atoms with Crippen LogP contribution in [0.4, 0.5) is 10.1 Å². The van der Waals surface area contributed by atoms with Gasteiger partial charge in [-0.3, -0.25) is 14.4 Å². The highest BCUT2D eigenvalue weighted by atomic mass is 19.1. The van der Waals surface area contributed by atoms with E-state index in [-0.39, 0.29) is 30.7 Å². The fourth-order valence-corrected chi connectivity index (χ4v) is 3.07. The summed E-state index contributed by atoms with van der Waals surface area (Å²) in [7, 11) is 0. The van der Waals surface area contributed by atoms with Crippen molar-refractivity contribution < 1.29 is 18.8 Å². The number of halogens is 1. The molecular formula is C20H20FN3O3. The molecule has 0 bridgehead atoms. The average molecular weight is 369 g/mol. The van der Waals surface area contributed by atoms with Gasteiger partial charge in [0.05, 0.1) is 5.92 Å². The van der Waals surface area contributed by atoms with Crippen molar-refractivity contribution in [2.45, 2.75) is 25.8 Å². The van der Waals surface area contributed by atoms with E-state index in [4.69, 9.17) is 0 Å². The van der Waals surface area contributed by atoms with E-state index in [0.717, 1.165) is 5.56 Å². The van der Waals surface area contributed by atoms with E-state index >= 15 is 0 Å². The quantitative estimate of drug-likeness (QED) is 0.756. The normalized spacial score (nSPS) is 15.5. The van der Waals surface area contributed by atoms with Gasteiger partial charge in [0, 0.05) is 30.8 Å². The number of carbonyl (C=O) groups excluding carboxylic acids is 3. The summed E-state index contributed by atoms with van der Waals surface area (Å²) in [6, 6.07) is 11.0. The van der Waals surface area contributed by atoms with Gasteiger partial charge in [-0.25, -0.2) is 4.39 Å². The summed E-state index contributed by atoms with van der Waals surface area (Å²) in [5.41, 5.74) is 2.20. The van der Waals surface area contributed by atoms with Gasteiger partial charge < -0.3 is 16.0 Å². The first kappa shape index (κ1) is 18.6. The second kappa shape index (κ2) is 7.99. The predicted molar refractivity (Wildman–Crippen MR) is 98.7 cm³/mol. The van der Waals surface area contributed by atoms with E-state index in [9.17, 15) is 18.8 Å². The lowest BCUT2D eigenvalue weighted by Gasteiger charge is -2.25. The van der Waals surface area contributed by atoms with Gasteiger partial charge in [-0.05, 0) is 42.3 Å². The third-order valence-corrected chi connectivity index (χ3v) is 4.36. The van der Waals surface area contributed by atoms with Crippen LogP contribution >= 0.6 is 0 Å². The van der Waals surface area contributed by atoms with Gasteiger partial charge in [0.2, 0.25) is 11.8 Å². The number of fused-ring (bicyclic) bond motifs is 1. The van der Waals surface area contributed by atoms with Crippen molar-refractivity contribution in [2.75, 3.05) is 11.9 Å². The summed E-state index contributed by atoms with van der Waals surface area (Å²) in [5.74, 6) is -1.98. The van der Waals surface area contributed by atoms with E-state index < -0.39 is 11.7 Å². The molecule has 0 saturated carbocycles. The van der Waals surface area contributed by atoms with Crippen molar-refractivity contribution in [3.05, 3.63) is 65.0 Å². The standard InChI is InChI=1S/C20H20FN3O3/c1-2-22-19(26)13-5-3-4-12(8-13)11-23-20(27)16-10-18(25)24-17-9-14(21)6-7-15(16)17/h3-9,16H,2,10-11H2,1H3,(H,22,26)(H,23,27)(H,24,25)/t16-/m0/s1. The molecule has 0 unspecified atom stereocenters. The molecule has 1 aliphatic heterocycles. The van der Waals surface area contributed by atoms with Crippen LogP contribution < -0.4 is 16.0 Å². The Kier molecular flexibility index (Phi) is 5.49. The van der Waals surface area contributed by atoms with Crippen LogP contribution in [0.1, 0.15) is 40.7 Å². The number of anilines is 1. The molecule has 1 atom stereocenters. The van der Waals surface area contributed by atoms with Crippen LogP contribution in [0.15, 0.2) is 42.5 Å². The Bertz CT molecular complexity index is 898. The third kappa shape index (κ3) is 4.31. The molecule has 2 aromatic carbocycles. The lowest BCUT2D eigenvalue weighted by atomic mass is 9.89. The molecule has 1 aliphatic rings. The first-order valence-electron chi connectivity index (χ1n) is 8.72. The summed E-state index contributed by atoms with van der Waals surface area (Å²) >= 11 is 0. The maximum atomic E-state index is 13.4. The Hall–Kier alpha value is -3.22. The highest BCUT2D eigenvalue weighted by Gasteiger charge is 2.30. The molecule has 7 heteroatoms. The van der Waals surface area contributed by atoms with Crippen molar-refractivity contribution in [1.29, 1.82) is 0 Å². The summed E-state index contributed by atoms with van der Waals surface area (Å²) in [6.07, 6.45) is 0.00338. The fourth-order valence-electron chi connectivity index (χ4n) is 3.07. The third-order valence-electron chi connectivity index (χ3n) is 4.36. The molecule has 0 saturated heterocycles. The molecule has 0 aromatic heterocycles. The van der Waals surface area contributed by atoms with Crippen molar-refractivity contribution >= 4 is 23.4 Å². The molecular weight excluding hydrogens is 349 g/mol. The molecule has 3 amide bonds.